The number of methoxy groups -OCH3 is 1. The van der Waals surface area contributed by atoms with Crippen molar-refractivity contribution in [1.29, 1.82) is 0 Å². The van der Waals surface area contributed by atoms with E-state index in [1.165, 1.54) is 84.2 Å². The molecule has 142 valence electrons. The number of amides is 1. The van der Waals surface area contributed by atoms with Crippen LogP contribution < -0.4 is 5.32 Å². The summed E-state index contributed by atoms with van der Waals surface area (Å²) in [4.78, 5) is 11.4. The number of unbranched alkanes of at least 4 members (excludes halogenated alkanes) is 9. The first-order valence-corrected chi connectivity index (χ1v) is 10.2. The van der Waals surface area contributed by atoms with E-state index < -0.39 is 0 Å². The van der Waals surface area contributed by atoms with Gasteiger partial charge in [-0.15, -0.1) is 0 Å². The lowest BCUT2D eigenvalue weighted by atomic mass is 10.0. The van der Waals surface area contributed by atoms with Gasteiger partial charge < -0.3 is 10.1 Å². The van der Waals surface area contributed by atoms with Crippen molar-refractivity contribution in [2.45, 2.75) is 110 Å². The third-order valence-corrected chi connectivity index (χ3v) is 4.48. The van der Waals surface area contributed by atoms with Crippen LogP contribution in [0.5, 0.6) is 0 Å². The molecule has 0 rings (SSSR count). The highest BCUT2D eigenvalue weighted by molar-refractivity contribution is 5.67. The molecule has 0 heterocycles. The lowest BCUT2D eigenvalue weighted by Crippen LogP contribution is -2.34. The fraction of sp³-hybridized carbons (Fsp3) is 0.857. The average molecular weight is 340 g/mol. The molecule has 1 unspecified atom stereocenters. The molecule has 0 aliphatic rings. The first kappa shape index (κ1) is 23.0. The molecule has 0 saturated carbocycles. The van der Waals surface area contributed by atoms with Crippen molar-refractivity contribution in [3.8, 4) is 0 Å². The maximum atomic E-state index is 11.4. The second-order valence-electron chi connectivity index (χ2n) is 6.79. The summed E-state index contributed by atoms with van der Waals surface area (Å²) in [7, 11) is 1.44. The molecule has 0 saturated heterocycles. The van der Waals surface area contributed by atoms with Gasteiger partial charge in [-0.05, 0) is 38.5 Å². The third-order valence-electron chi connectivity index (χ3n) is 4.48. The molecule has 1 N–H and O–H groups in total. The number of hydrogen-bond donors (Lipinski definition) is 1. The zero-order chi connectivity index (χ0) is 17.9. The van der Waals surface area contributed by atoms with E-state index in [4.69, 9.17) is 4.74 Å². The Morgan fingerprint density at radius 3 is 1.88 bits per heavy atom. The van der Waals surface area contributed by atoms with E-state index in [-0.39, 0.29) is 12.1 Å². The van der Waals surface area contributed by atoms with Crippen LogP contribution in [-0.4, -0.2) is 19.2 Å². The van der Waals surface area contributed by atoms with Gasteiger partial charge in [0.2, 0.25) is 0 Å². The minimum atomic E-state index is -0.289. The van der Waals surface area contributed by atoms with Gasteiger partial charge >= 0.3 is 6.09 Å². The molecule has 0 aromatic heterocycles. The summed E-state index contributed by atoms with van der Waals surface area (Å²) in [5, 5.41) is 2.99. The zero-order valence-corrected chi connectivity index (χ0v) is 16.4. The lowest BCUT2D eigenvalue weighted by molar-refractivity contribution is 0.164. The molecule has 0 aliphatic heterocycles. The van der Waals surface area contributed by atoms with Gasteiger partial charge in [-0.3, -0.25) is 0 Å². The third kappa shape index (κ3) is 15.9. The molecule has 1 amide bonds. The second-order valence-corrected chi connectivity index (χ2v) is 6.79. The minimum Gasteiger partial charge on any atom is -0.453 e. The Kier molecular flexibility index (Phi) is 17.6. The van der Waals surface area contributed by atoms with Crippen molar-refractivity contribution >= 4 is 6.09 Å². The van der Waals surface area contributed by atoms with E-state index >= 15 is 0 Å². The number of allylic oxidation sites excluding steroid dienone is 2. The van der Waals surface area contributed by atoms with E-state index in [9.17, 15) is 4.79 Å². The number of hydrogen-bond acceptors (Lipinski definition) is 2. The molecular formula is C21H41NO2. The van der Waals surface area contributed by atoms with Gasteiger partial charge in [0, 0.05) is 6.04 Å². The number of alkyl carbamates (subject to hydrolysis) is 1. The van der Waals surface area contributed by atoms with Crippen molar-refractivity contribution in [1.82, 2.24) is 5.32 Å². The zero-order valence-electron chi connectivity index (χ0n) is 16.4. The Morgan fingerprint density at radius 1 is 0.833 bits per heavy atom. The van der Waals surface area contributed by atoms with E-state index in [2.05, 4.69) is 31.3 Å². The number of carbonyl (C=O) groups excluding carboxylic acids is 1. The summed E-state index contributed by atoms with van der Waals surface area (Å²) < 4.78 is 4.73. The molecule has 3 heteroatoms. The Bertz CT molecular complexity index is 302. The van der Waals surface area contributed by atoms with Gasteiger partial charge in [0.15, 0.2) is 0 Å². The summed E-state index contributed by atoms with van der Waals surface area (Å²) >= 11 is 0. The molecule has 3 nitrogen and oxygen atoms in total. The molecule has 0 aromatic carbocycles. The van der Waals surface area contributed by atoms with Crippen LogP contribution in [0.15, 0.2) is 12.2 Å². The first-order chi connectivity index (χ1) is 11.7. The van der Waals surface area contributed by atoms with Crippen molar-refractivity contribution in [3.63, 3.8) is 0 Å². The normalized spacial score (nSPS) is 12.5. The molecule has 24 heavy (non-hydrogen) atoms. The molecule has 0 spiro atoms. The van der Waals surface area contributed by atoms with Gasteiger partial charge in [0.1, 0.15) is 0 Å². The monoisotopic (exact) mass is 339 g/mol. The van der Waals surface area contributed by atoms with Crippen LogP contribution in [0.2, 0.25) is 0 Å². The highest BCUT2D eigenvalue weighted by Gasteiger charge is 2.11. The first-order valence-electron chi connectivity index (χ1n) is 10.2. The molecule has 0 aromatic rings. The highest BCUT2D eigenvalue weighted by Crippen LogP contribution is 2.12. The summed E-state index contributed by atoms with van der Waals surface area (Å²) in [6.45, 7) is 4.46. The minimum absolute atomic E-state index is 0.276. The maximum Gasteiger partial charge on any atom is 0.407 e. The molecule has 0 bridgehead atoms. The molecule has 1 atom stereocenters. The summed E-state index contributed by atoms with van der Waals surface area (Å²) in [6.07, 6.45) is 21.7. The van der Waals surface area contributed by atoms with Crippen molar-refractivity contribution in [2.24, 2.45) is 0 Å². The SMILES string of the molecule is CCCCCCC=CCCCCCC(CCCCC)NC(=O)OC. The Labute approximate surface area is 150 Å². The maximum absolute atomic E-state index is 11.4. The number of carbonyl (C=O) groups is 1. The number of rotatable bonds is 16. The number of nitrogens with one attached hydrogen (secondary N) is 1. The molecule has 0 radical (unpaired) electrons. The van der Waals surface area contributed by atoms with Gasteiger partial charge in [-0.1, -0.05) is 77.4 Å². The van der Waals surface area contributed by atoms with E-state index in [0.717, 1.165) is 12.8 Å². The molecule has 0 fully saturated rings. The predicted molar refractivity (Wildman–Crippen MR) is 104 cm³/mol. The van der Waals surface area contributed by atoms with Crippen LogP contribution in [0.3, 0.4) is 0 Å². The Morgan fingerprint density at radius 2 is 1.33 bits per heavy atom. The molecule has 0 aliphatic carbocycles. The van der Waals surface area contributed by atoms with Crippen LogP contribution in [-0.2, 0) is 4.74 Å². The Hall–Kier alpha value is -0.990. The quantitative estimate of drug-likeness (QED) is 0.249. The molecular weight excluding hydrogens is 298 g/mol. The summed E-state index contributed by atoms with van der Waals surface area (Å²) in [5.41, 5.74) is 0. The van der Waals surface area contributed by atoms with Gasteiger partial charge in [-0.25, -0.2) is 4.79 Å². The van der Waals surface area contributed by atoms with Gasteiger partial charge in [0.05, 0.1) is 7.11 Å². The van der Waals surface area contributed by atoms with E-state index in [1.54, 1.807) is 0 Å². The topological polar surface area (TPSA) is 38.3 Å². The smallest absolute Gasteiger partial charge is 0.407 e. The lowest BCUT2D eigenvalue weighted by Gasteiger charge is -2.17. The average Bonchev–Trinajstić information content (AvgIpc) is 2.59. The predicted octanol–water partition coefficient (Wildman–Crippen LogP) is 6.77. The Balaban J connectivity index is 3.66. The van der Waals surface area contributed by atoms with E-state index in [1.807, 2.05) is 0 Å². The van der Waals surface area contributed by atoms with Crippen LogP contribution in [0.25, 0.3) is 0 Å². The van der Waals surface area contributed by atoms with Crippen molar-refractivity contribution < 1.29 is 9.53 Å². The number of ether oxygens (including phenoxy) is 1. The van der Waals surface area contributed by atoms with Crippen molar-refractivity contribution in [3.05, 3.63) is 12.2 Å². The van der Waals surface area contributed by atoms with Crippen LogP contribution in [0.1, 0.15) is 104 Å². The van der Waals surface area contributed by atoms with Crippen LogP contribution in [0.4, 0.5) is 4.79 Å². The summed E-state index contributed by atoms with van der Waals surface area (Å²) in [6, 6.07) is 0.276. The standard InChI is InChI=1S/C21H41NO2/c1-4-6-8-9-10-11-12-13-14-15-17-19-20(18-16-7-5-2)22-21(23)24-3/h11-12,20H,4-10,13-19H2,1-3H3,(H,22,23). The van der Waals surface area contributed by atoms with Crippen LogP contribution >= 0.6 is 0 Å². The van der Waals surface area contributed by atoms with Crippen LogP contribution in [0, 0.1) is 0 Å². The van der Waals surface area contributed by atoms with Gasteiger partial charge in [-0.2, -0.15) is 0 Å². The fourth-order valence-corrected chi connectivity index (χ4v) is 2.91. The van der Waals surface area contributed by atoms with E-state index in [0.29, 0.717) is 0 Å². The highest BCUT2D eigenvalue weighted by atomic mass is 16.5. The van der Waals surface area contributed by atoms with Crippen molar-refractivity contribution in [2.75, 3.05) is 7.11 Å². The largest absolute Gasteiger partial charge is 0.453 e. The van der Waals surface area contributed by atoms with Gasteiger partial charge in [0.25, 0.3) is 0 Å². The summed E-state index contributed by atoms with van der Waals surface area (Å²) in [5.74, 6) is 0. The second kappa shape index (κ2) is 18.4. The fourth-order valence-electron chi connectivity index (χ4n) is 2.91.